The molecule has 3 heteroatoms. The summed E-state index contributed by atoms with van der Waals surface area (Å²) in [7, 11) is 0. The van der Waals surface area contributed by atoms with Crippen molar-refractivity contribution in [2.75, 3.05) is 4.90 Å². The maximum atomic E-state index is 2.58. The van der Waals surface area contributed by atoms with Crippen LogP contribution in [-0.2, 0) is 0 Å². The Bertz CT molecular complexity index is 2370. The van der Waals surface area contributed by atoms with Crippen LogP contribution in [0.4, 0.5) is 22.7 Å². The van der Waals surface area contributed by atoms with Gasteiger partial charge in [-0.05, 0) is 58.2 Å². The maximum absolute atomic E-state index is 2.58. The van der Waals surface area contributed by atoms with Crippen molar-refractivity contribution in [3.8, 4) is 22.3 Å². The van der Waals surface area contributed by atoms with E-state index in [1.54, 1.807) is 0 Å². The highest BCUT2D eigenvalue weighted by molar-refractivity contribution is 7.25. The average Bonchev–Trinajstić information content (AvgIpc) is 3.66. The van der Waals surface area contributed by atoms with E-state index in [9.17, 15) is 0 Å². The number of hydrogen-bond acceptors (Lipinski definition) is 2. The first-order valence-electron chi connectivity index (χ1n) is 15.5. The predicted octanol–water partition coefficient (Wildman–Crippen LogP) is 11.2. The van der Waals surface area contributed by atoms with Crippen molar-refractivity contribution in [1.82, 2.24) is 4.58 Å². The molecule has 0 saturated heterocycles. The molecule has 1 aliphatic carbocycles. The highest BCUT2D eigenvalue weighted by Crippen LogP contribution is 2.55. The van der Waals surface area contributed by atoms with E-state index < -0.39 is 0 Å². The first-order chi connectivity index (χ1) is 22.3. The Hall–Kier alpha value is -5.51. The molecule has 3 aliphatic rings. The molecule has 2 aliphatic heterocycles. The minimum Gasteiger partial charge on any atom is -0.318 e. The SMILES string of the molecule is C1=CC2=[N+](c3cc(-c4ccccc4)cc(-c4ccccc4)c3)c3ccccc3N3c4ccc5sc6ccccc6c5c4C(=C1)C23. The van der Waals surface area contributed by atoms with Crippen LogP contribution < -0.4 is 9.48 Å². The van der Waals surface area contributed by atoms with Gasteiger partial charge in [0.25, 0.3) is 0 Å². The zero-order valence-electron chi connectivity index (χ0n) is 24.4. The van der Waals surface area contributed by atoms with Crippen molar-refractivity contribution in [2.24, 2.45) is 0 Å². The van der Waals surface area contributed by atoms with E-state index in [1.165, 1.54) is 82.0 Å². The first-order valence-corrected chi connectivity index (χ1v) is 16.3. The summed E-state index contributed by atoms with van der Waals surface area (Å²) in [5.74, 6) is 0. The highest BCUT2D eigenvalue weighted by atomic mass is 32.1. The number of rotatable bonds is 3. The van der Waals surface area contributed by atoms with Gasteiger partial charge in [0.05, 0.1) is 5.69 Å². The molecule has 0 saturated carbocycles. The summed E-state index contributed by atoms with van der Waals surface area (Å²) in [6.07, 6.45) is 6.92. The molecule has 0 amide bonds. The predicted molar refractivity (Wildman–Crippen MR) is 193 cm³/mol. The molecule has 0 fully saturated rings. The number of nitrogens with zero attached hydrogens (tertiary/aromatic N) is 2. The molecule has 45 heavy (non-hydrogen) atoms. The summed E-state index contributed by atoms with van der Waals surface area (Å²) < 4.78 is 5.20. The molecule has 1 atom stereocenters. The second-order valence-corrected chi connectivity index (χ2v) is 13.0. The van der Waals surface area contributed by atoms with Crippen molar-refractivity contribution >= 4 is 65.5 Å². The van der Waals surface area contributed by atoms with Crippen molar-refractivity contribution < 1.29 is 0 Å². The zero-order valence-corrected chi connectivity index (χ0v) is 25.2. The number of anilines is 2. The lowest BCUT2D eigenvalue weighted by molar-refractivity contribution is 0.932. The number of fused-ring (bicyclic) bond motifs is 9. The van der Waals surface area contributed by atoms with E-state index in [0.717, 1.165) is 0 Å². The summed E-state index contributed by atoms with van der Waals surface area (Å²) in [5.41, 5.74) is 13.8. The Morgan fingerprint density at radius 1 is 0.578 bits per heavy atom. The zero-order chi connectivity index (χ0) is 29.5. The van der Waals surface area contributed by atoms with Crippen LogP contribution in [0.3, 0.4) is 0 Å². The van der Waals surface area contributed by atoms with E-state index in [0.29, 0.717) is 0 Å². The van der Waals surface area contributed by atoms with Gasteiger partial charge in [0, 0.05) is 50.0 Å². The number of allylic oxidation sites excluding steroid dienone is 2. The van der Waals surface area contributed by atoms with Gasteiger partial charge in [0.1, 0.15) is 11.7 Å². The third-order valence-electron chi connectivity index (χ3n) is 9.48. The lowest BCUT2D eigenvalue weighted by Crippen LogP contribution is -2.43. The molecule has 210 valence electrons. The fourth-order valence-electron chi connectivity index (χ4n) is 7.61. The Kier molecular flexibility index (Phi) is 5.25. The van der Waals surface area contributed by atoms with Crippen LogP contribution >= 0.6 is 11.3 Å². The molecule has 0 spiro atoms. The van der Waals surface area contributed by atoms with Crippen LogP contribution in [0.5, 0.6) is 0 Å². The lowest BCUT2D eigenvalue weighted by Gasteiger charge is -2.32. The largest absolute Gasteiger partial charge is 0.318 e. The Labute approximate surface area is 265 Å². The average molecular weight is 592 g/mol. The standard InChI is InChI=1S/C42H27N2S/c1-3-12-27(13-4-1)29-24-30(28-14-5-2-6-15-28)26-31(25-29)43-34-18-8-9-19-35(34)44-36-22-23-39-41(32-16-7-10-21-38(32)45-39)40(36)33-17-11-20-37(43)42(33)44/h1-26,42H/q+1. The molecule has 1 unspecified atom stereocenters. The third-order valence-corrected chi connectivity index (χ3v) is 10.6. The number of para-hydroxylation sites is 2. The summed E-state index contributed by atoms with van der Waals surface area (Å²) in [5, 5.41) is 2.73. The molecule has 0 bridgehead atoms. The summed E-state index contributed by atoms with van der Waals surface area (Å²) in [4.78, 5) is 2.58. The summed E-state index contributed by atoms with van der Waals surface area (Å²) in [6.45, 7) is 0. The minimum absolute atomic E-state index is 0.0877. The van der Waals surface area contributed by atoms with Gasteiger partial charge in [-0.1, -0.05) is 103 Å². The summed E-state index contributed by atoms with van der Waals surface area (Å²) >= 11 is 1.89. The van der Waals surface area contributed by atoms with E-state index >= 15 is 0 Å². The van der Waals surface area contributed by atoms with E-state index in [-0.39, 0.29) is 6.04 Å². The van der Waals surface area contributed by atoms with E-state index in [2.05, 4.69) is 167 Å². The second kappa shape index (κ2) is 9.49. The van der Waals surface area contributed by atoms with Gasteiger partial charge in [0.2, 0.25) is 17.1 Å². The van der Waals surface area contributed by atoms with Gasteiger partial charge in [-0.25, -0.2) is 0 Å². The molecule has 6 aromatic carbocycles. The smallest absolute Gasteiger partial charge is 0.235 e. The fourth-order valence-corrected chi connectivity index (χ4v) is 8.72. The van der Waals surface area contributed by atoms with Crippen LogP contribution in [-0.4, -0.2) is 11.8 Å². The van der Waals surface area contributed by atoms with Crippen LogP contribution in [0, 0.1) is 0 Å². The van der Waals surface area contributed by atoms with E-state index in [4.69, 9.17) is 0 Å². The van der Waals surface area contributed by atoms with Crippen LogP contribution in [0.25, 0.3) is 48.0 Å². The molecular weight excluding hydrogens is 565 g/mol. The molecule has 1 aromatic heterocycles. The molecule has 0 N–H and O–H groups in total. The van der Waals surface area contributed by atoms with Gasteiger partial charge >= 0.3 is 0 Å². The molecule has 7 aromatic rings. The Morgan fingerprint density at radius 3 is 2.04 bits per heavy atom. The number of hydrogen-bond donors (Lipinski definition) is 0. The van der Waals surface area contributed by atoms with Crippen LogP contribution in [0.15, 0.2) is 158 Å². The molecule has 0 radical (unpaired) electrons. The van der Waals surface area contributed by atoms with Crippen LogP contribution in [0.1, 0.15) is 5.56 Å². The monoisotopic (exact) mass is 591 g/mol. The third kappa shape index (κ3) is 3.59. The minimum atomic E-state index is 0.0877. The topological polar surface area (TPSA) is 6.25 Å². The first kappa shape index (κ1) is 24.9. The lowest BCUT2D eigenvalue weighted by atomic mass is 9.90. The van der Waals surface area contributed by atoms with Crippen molar-refractivity contribution in [1.29, 1.82) is 0 Å². The van der Waals surface area contributed by atoms with Gasteiger partial charge in [-0.15, -0.1) is 11.3 Å². The molecule has 10 rings (SSSR count). The molecular formula is C42H27N2S+. The molecule has 2 nitrogen and oxygen atoms in total. The number of benzene rings is 6. The van der Waals surface area contributed by atoms with Gasteiger partial charge in [0.15, 0.2) is 0 Å². The van der Waals surface area contributed by atoms with Gasteiger partial charge < -0.3 is 4.90 Å². The highest BCUT2D eigenvalue weighted by Gasteiger charge is 2.49. The van der Waals surface area contributed by atoms with Crippen molar-refractivity contribution in [3.05, 3.63) is 163 Å². The normalized spacial score (nSPS) is 16.1. The van der Waals surface area contributed by atoms with Gasteiger partial charge in [-0.2, -0.15) is 4.58 Å². The summed E-state index contributed by atoms with van der Waals surface area (Å²) in [6, 6.07) is 51.1. The maximum Gasteiger partial charge on any atom is 0.235 e. The van der Waals surface area contributed by atoms with Crippen molar-refractivity contribution in [3.63, 3.8) is 0 Å². The van der Waals surface area contributed by atoms with Crippen molar-refractivity contribution in [2.45, 2.75) is 6.04 Å². The van der Waals surface area contributed by atoms with E-state index in [1.807, 2.05) is 11.3 Å². The fraction of sp³-hybridized carbons (Fsp3) is 0.0238. The quantitative estimate of drug-likeness (QED) is 0.185. The van der Waals surface area contributed by atoms with Crippen LogP contribution in [0.2, 0.25) is 0 Å². The molecule has 3 heterocycles. The Balaban J connectivity index is 1.27. The number of thiophene rings is 1. The second-order valence-electron chi connectivity index (χ2n) is 11.9. The van der Waals surface area contributed by atoms with Gasteiger partial charge in [-0.3, -0.25) is 0 Å². The Morgan fingerprint density at radius 2 is 1.27 bits per heavy atom.